The van der Waals surface area contributed by atoms with E-state index in [9.17, 15) is 9.50 Å². The maximum Gasteiger partial charge on any atom is 0.127 e. The summed E-state index contributed by atoms with van der Waals surface area (Å²) in [6.45, 7) is 1.74. The maximum absolute atomic E-state index is 13.8. The number of hydrogen-bond donors (Lipinski definition) is 1. The Balaban J connectivity index is 2.10. The van der Waals surface area contributed by atoms with Crippen LogP contribution in [-0.4, -0.2) is 23.2 Å². The summed E-state index contributed by atoms with van der Waals surface area (Å²) in [4.78, 5) is 3.21. The van der Waals surface area contributed by atoms with E-state index in [1.165, 1.54) is 10.9 Å². The van der Waals surface area contributed by atoms with Crippen LogP contribution < -0.4 is 0 Å². The predicted molar refractivity (Wildman–Crippen MR) is 87.3 cm³/mol. The molecule has 6 heteroatoms. The number of hydrogen-bond acceptors (Lipinski definition) is 3. The van der Waals surface area contributed by atoms with Crippen molar-refractivity contribution in [2.75, 3.05) is 13.2 Å². The molecule has 2 rings (SSSR count). The first kappa shape index (κ1) is 16.1. The molecule has 2 aromatic rings. The van der Waals surface area contributed by atoms with Crippen molar-refractivity contribution in [3.05, 3.63) is 54.8 Å². The van der Waals surface area contributed by atoms with Crippen LogP contribution in [0.4, 0.5) is 4.39 Å². The Hall–Kier alpha value is -0.270. The van der Waals surface area contributed by atoms with Gasteiger partial charge in [-0.05, 0) is 46.3 Å². The molecule has 0 unspecified atom stereocenters. The molecule has 1 aromatic heterocycles. The first-order valence-corrected chi connectivity index (χ1v) is 8.50. The third-order valence-corrected chi connectivity index (χ3v) is 4.93. The Morgan fingerprint density at radius 3 is 2.60 bits per heavy atom. The molecule has 0 aliphatic carbocycles. The van der Waals surface area contributed by atoms with Crippen molar-refractivity contribution in [1.29, 1.82) is 0 Å². The van der Waals surface area contributed by atoms with Crippen LogP contribution in [0.2, 0.25) is 0 Å². The molecular weight excluding hydrogens is 409 g/mol. The average molecular weight is 423 g/mol. The fraction of sp³-hybridized carbons (Fsp3) is 0.286. The SMILES string of the molecule is OCCN(Cc1ccc(Br)s1)Cc1cc(Br)ccc1F. The Morgan fingerprint density at radius 2 is 1.95 bits per heavy atom. The summed E-state index contributed by atoms with van der Waals surface area (Å²) in [5, 5.41) is 9.17. The summed E-state index contributed by atoms with van der Waals surface area (Å²) in [5.74, 6) is -0.219. The molecule has 1 aromatic carbocycles. The third-order valence-electron chi connectivity index (χ3n) is 2.83. The average Bonchev–Trinajstić information content (AvgIpc) is 2.79. The van der Waals surface area contributed by atoms with Gasteiger partial charge in [-0.3, -0.25) is 4.90 Å². The Kier molecular flexibility index (Phi) is 6.17. The number of thiophene rings is 1. The number of aliphatic hydroxyl groups excluding tert-OH is 1. The molecule has 0 bridgehead atoms. The molecule has 20 heavy (non-hydrogen) atoms. The number of aliphatic hydroxyl groups is 1. The van der Waals surface area contributed by atoms with Crippen LogP contribution in [0.15, 0.2) is 38.6 Å². The minimum atomic E-state index is -0.219. The van der Waals surface area contributed by atoms with Crippen LogP contribution in [0.25, 0.3) is 0 Å². The van der Waals surface area contributed by atoms with Gasteiger partial charge in [0.25, 0.3) is 0 Å². The van der Waals surface area contributed by atoms with Gasteiger partial charge in [0.15, 0.2) is 0 Å². The highest BCUT2D eigenvalue weighted by Crippen LogP contribution is 2.24. The van der Waals surface area contributed by atoms with Crippen LogP contribution in [0.1, 0.15) is 10.4 Å². The fourth-order valence-corrected chi connectivity index (χ4v) is 3.85. The Labute approximate surface area is 138 Å². The van der Waals surface area contributed by atoms with E-state index >= 15 is 0 Å². The second-order valence-electron chi connectivity index (χ2n) is 4.38. The van der Waals surface area contributed by atoms with Crippen molar-refractivity contribution < 1.29 is 9.50 Å². The molecule has 0 fully saturated rings. The molecule has 2 nitrogen and oxygen atoms in total. The van der Waals surface area contributed by atoms with E-state index < -0.39 is 0 Å². The molecule has 0 amide bonds. The van der Waals surface area contributed by atoms with E-state index in [4.69, 9.17) is 0 Å². The largest absolute Gasteiger partial charge is 0.395 e. The van der Waals surface area contributed by atoms with Gasteiger partial charge in [-0.2, -0.15) is 0 Å². The first-order valence-electron chi connectivity index (χ1n) is 6.10. The zero-order chi connectivity index (χ0) is 14.5. The van der Waals surface area contributed by atoms with Crippen LogP contribution in [-0.2, 0) is 13.1 Å². The van der Waals surface area contributed by atoms with E-state index in [1.54, 1.807) is 23.5 Å². The van der Waals surface area contributed by atoms with Gasteiger partial charge >= 0.3 is 0 Å². The van der Waals surface area contributed by atoms with Gasteiger partial charge in [0.05, 0.1) is 10.4 Å². The van der Waals surface area contributed by atoms with Crippen molar-refractivity contribution in [2.45, 2.75) is 13.1 Å². The van der Waals surface area contributed by atoms with E-state index in [2.05, 4.69) is 31.9 Å². The molecule has 0 saturated heterocycles. The minimum Gasteiger partial charge on any atom is -0.395 e. The quantitative estimate of drug-likeness (QED) is 0.745. The summed E-state index contributed by atoms with van der Waals surface area (Å²) >= 11 is 8.44. The first-order chi connectivity index (χ1) is 9.58. The van der Waals surface area contributed by atoms with Gasteiger partial charge in [-0.1, -0.05) is 15.9 Å². The molecule has 0 spiro atoms. The lowest BCUT2D eigenvalue weighted by Crippen LogP contribution is -2.26. The van der Waals surface area contributed by atoms with Crippen molar-refractivity contribution in [1.82, 2.24) is 4.90 Å². The van der Waals surface area contributed by atoms with Crippen LogP contribution in [0.5, 0.6) is 0 Å². The zero-order valence-electron chi connectivity index (χ0n) is 10.7. The van der Waals surface area contributed by atoms with Crippen molar-refractivity contribution in [3.8, 4) is 0 Å². The van der Waals surface area contributed by atoms with Gasteiger partial charge in [-0.25, -0.2) is 4.39 Å². The topological polar surface area (TPSA) is 23.5 Å². The molecule has 1 heterocycles. The Morgan fingerprint density at radius 1 is 1.15 bits per heavy atom. The summed E-state index contributed by atoms with van der Waals surface area (Å²) in [6, 6.07) is 8.96. The predicted octanol–water partition coefficient (Wildman–Crippen LogP) is 4.41. The highest BCUT2D eigenvalue weighted by molar-refractivity contribution is 9.11. The van der Waals surface area contributed by atoms with Gasteiger partial charge < -0.3 is 5.11 Å². The Bertz CT molecular complexity index is 576. The summed E-state index contributed by atoms with van der Waals surface area (Å²) in [6.07, 6.45) is 0. The molecule has 0 saturated carbocycles. The maximum atomic E-state index is 13.8. The number of rotatable bonds is 6. The highest BCUT2D eigenvalue weighted by Gasteiger charge is 2.11. The summed E-state index contributed by atoms with van der Waals surface area (Å²) < 4.78 is 15.7. The molecule has 0 aliphatic heterocycles. The normalized spacial score (nSPS) is 11.2. The number of halogens is 3. The fourth-order valence-electron chi connectivity index (χ4n) is 1.92. The van der Waals surface area contributed by atoms with Crippen LogP contribution in [0.3, 0.4) is 0 Å². The molecule has 108 valence electrons. The monoisotopic (exact) mass is 421 g/mol. The van der Waals surface area contributed by atoms with Crippen molar-refractivity contribution >= 4 is 43.2 Å². The molecule has 0 aliphatic rings. The van der Waals surface area contributed by atoms with Gasteiger partial charge in [-0.15, -0.1) is 11.3 Å². The van der Waals surface area contributed by atoms with Gasteiger partial charge in [0, 0.05) is 34.5 Å². The minimum absolute atomic E-state index is 0.0577. The highest BCUT2D eigenvalue weighted by atomic mass is 79.9. The van der Waals surface area contributed by atoms with Crippen molar-refractivity contribution in [2.24, 2.45) is 0 Å². The molecule has 1 N–H and O–H groups in total. The second kappa shape index (κ2) is 7.66. The van der Waals surface area contributed by atoms with Crippen LogP contribution in [0, 0.1) is 5.82 Å². The summed E-state index contributed by atoms with van der Waals surface area (Å²) in [5.41, 5.74) is 0.628. The van der Waals surface area contributed by atoms with E-state index in [-0.39, 0.29) is 12.4 Å². The van der Waals surface area contributed by atoms with Gasteiger partial charge in [0.1, 0.15) is 5.82 Å². The van der Waals surface area contributed by atoms with E-state index in [0.717, 1.165) is 8.26 Å². The zero-order valence-corrected chi connectivity index (χ0v) is 14.6. The molecule has 0 radical (unpaired) electrons. The van der Waals surface area contributed by atoms with E-state index in [0.29, 0.717) is 25.2 Å². The molecule has 0 atom stereocenters. The number of benzene rings is 1. The third kappa shape index (κ3) is 4.63. The van der Waals surface area contributed by atoms with E-state index in [1.807, 2.05) is 17.0 Å². The van der Waals surface area contributed by atoms with Gasteiger partial charge in [0.2, 0.25) is 0 Å². The lowest BCUT2D eigenvalue weighted by Gasteiger charge is -2.21. The second-order valence-corrected chi connectivity index (χ2v) is 7.84. The van der Waals surface area contributed by atoms with Crippen LogP contribution >= 0.6 is 43.2 Å². The standard InChI is InChI=1S/C14H14Br2FNOS/c15-11-1-3-13(17)10(7-11)8-18(5-6-19)9-12-2-4-14(16)20-12/h1-4,7,19H,5-6,8-9H2. The lowest BCUT2D eigenvalue weighted by molar-refractivity contribution is 0.184. The lowest BCUT2D eigenvalue weighted by atomic mass is 10.2. The van der Waals surface area contributed by atoms with Crippen molar-refractivity contribution in [3.63, 3.8) is 0 Å². The smallest absolute Gasteiger partial charge is 0.127 e. The molecular formula is C14H14Br2FNOS. The summed E-state index contributed by atoms with van der Waals surface area (Å²) in [7, 11) is 0. The number of nitrogens with zero attached hydrogens (tertiary/aromatic N) is 1.